The average Bonchev–Trinajstić information content (AvgIpc) is 2.90. The highest BCUT2D eigenvalue weighted by atomic mass is 16.4. The number of rotatable bonds is 10. The topological polar surface area (TPSA) is 69.6 Å². The molecule has 1 aliphatic rings. The molecule has 3 aromatic rings. The van der Waals surface area contributed by atoms with Crippen LogP contribution in [0.1, 0.15) is 71.5 Å². The number of carbonyl (C=O) groups is 2. The molecular weight excluding hydrogens is 436 g/mol. The van der Waals surface area contributed by atoms with E-state index >= 15 is 0 Å². The summed E-state index contributed by atoms with van der Waals surface area (Å²) in [5, 5.41) is 11.4. The quantitative estimate of drug-likeness (QED) is 0.373. The van der Waals surface area contributed by atoms with Crippen LogP contribution in [0.4, 0.5) is 5.69 Å². The molecule has 1 amide bonds. The first-order chi connectivity index (χ1) is 17.1. The number of carboxylic acid groups (broad SMARTS) is 1. The zero-order valence-corrected chi connectivity index (χ0v) is 20.2. The van der Waals surface area contributed by atoms with Gasteiger partial charge in [-0.15, -0.1) is 0 Å². The van der Waals surface area contributed by atoms with Crippen LogP contribution in [0.3, 0.4) is 0 Å². The second-order valence-electron chi connectivity index (χ2n) is 9.36. The van der Waals surface area contributed by atoms with Gasteiger partial charge in [0, 0.05) is 30.9 Å². The summed E-state index contributed by atoms with van der Waals surface area (Å²) in [6.07, 6.45) is 6.56. The molecule has 3 aromatic carbocycles. The van der Waals surface area contributed by atoms with Gasteiger partial charge in [0.2, 0.25) is 0 Å². The van der Waals surface area contributed by atoms with Crippen molar-refractivity contribution in [2.45, 2.75) is 57.5 Å². The zero-order chi connectivity index (χ0) is 24.5. The van der Waals surface area contributed by atoms with Crippen molar-refractivity contribution in [1.82, 2.24) is 5.32 Å². The van der Waals surface area contributed by atoms with Crippen molar-refractivity contribution in [3.05, 3.63) is 101 Å². The molecule has 0 spiro atoms. The normalized spacial score (nSPS) is 13.8. The Bertz CT molecular complexity index is 1090. The maximum atomic E-state index is 12.3. The zero-order valence-electron chi connectivity index (χ0n) is 20.2. The monoisotopic (exact) mass is 470 g/mol. The van der Waals surface area contributed by atoms with E-state index in [1.54, 1.807) is 12.1 Å². The lowest BCUT2D eigenvalue weighted by molar-refractivity contribution is -0.136. The van der Waals surface area contributed by atoms with Crippen molar-refractivity contribution in [3.8, 4) is 0 Å². The molecular formula is C30H34N2O3. The Morgan fingerprint density at radius 1 is 0.800 bits per heavy atom. The van der Waals surface area contributed by atoms with Gasteiger partial charge in [0.25, 0.3) is 5.91 Å². The van der Waals surface area contributed by atoms with E-state index in [1.807, 2.05) is 18.2 Å². The van der Waals surface area contributed by atoms with Gasteiger partial charge in [-0.05, 0) is 59.7 Å². The summed E-state index contributed by atoms with van der Waals surface area (Å²) in [4.78, 5) is 25.3. The third-order valence-electron chi connectivity index (χ3n) is 6.77. The van der Waals surface area contributed by atoms with Crippen molar-refractivity contribution in [1.29, 1.82) is 0 Å². The number of carbonyl (C=O) groups excluding carboxylic acids is 1. The van der Waals surface area contributed by atoms with Gasteiger partial charge in [-0.3, -0.25) is 9.59 Å². The van der Waals surface area contributed by atoms with E-state index < -0.39 is 5.97 Å². The third kappa shape index (κ3) is 7.19. The van der Waals surface area contributed by atoms with Crippen LogP contribution in [-0.2, 0) is 17.9 Å². The lowest BCUT2D eigenvalue weighted by Gasteiger charge is -2.26. The SMILES string of the molecule is O=C(O)CCNC(=O)c1ccc(N(Cc2ccccc2)Cc2ccc(C3CCCCC3)cc2)cc1. The Balaban J connectivity index is 1.47. The maximum absolute atomic E-state index is 12.3. The number of anilines is 1. The summed E-state index contributed by atoms with van der Waals surface area (Å²) in [5.74, 6) is -0.484. The lowest BCUT2D eigenvalue weighted by atomic mass is 9.84. The second-order valence-corrected chi connectivity index (χ2v) is 9.36. The molecule has 0 bridgehead atoms. The molecule has 0 aromatic heterocycles. The van der Waals surface area contributed by atoms with Crippen LogP contribution in [-0.4, -0.2) is 23.5 Å². The van der Waals surface area contributed by atoms with Crippen LogP contribution < -0.4 is 10.2 Å². The first kappa shape index (κ1) is 24.5. The van der Waals surface area contributed by atoms with Crippen LogP contribution in [0.2, 0.25) is 0 Å². The molecule has 4 rings (SSSR count). The van der Waals surface area contributed by atoms with Crippen molar-refractivity contribution in [3.63, 3.8) is 0 Å². The van der Waals surface area contributed by atoms with E-state index in [9.17, 15) is 9.59 Å². The molecule has 5 heteroatoms. The molecule has 0 saturated heterocycles. The van der Waals surface area contributed by atoms with Crippen molar-refractivity contribution in [2.75, 3.05) is 11.4 Å². The van der Waals surface area contributed by atoms with Crippen molar-refractivity contribution < 1.29 is 14.7 Å². The molecule has 0 atom stereocenters. The molecule has 35 heavy (non-hydrogen) atoms. The Kier molecular flexibility index (Phi) is 8.55. The number of carboxylic acids is 1. The van der Waals surface area contributed by atoms with Crippen molar-refractivity contribution >= 4 is 17.6 Å². The molecule has 0 unspecified atom stereocenters. The predicted molar refractivity (Wildman–Crippen MR) is 140 cm³/mol. The highest BCUT2D eigenvalue weighted by molar-refractivity contribution is 5.94. The molecule has 1 fully saturated rings. The number of aliphatic carboxylic acids is 1. The maximum Gasteiger partial charge on any atom is 0.305 e. The highest BCUT2D eigenvalue weighted by Gasteiger charge is 2.16. The van der Waals surface area contributed by atoms with Crippen LogP contribution in [0.15, 0.2) is 78.9 Å². The lowest BCUT2D eigenvalue weighted by Crippen LogP contribution is -2.26. The van der Waals surface area contributed by atoms with Gasteiger partial charge < -0.3 is 15.3 Å². The van der Waals surface area contributed by atoms with Crippen LogP contribution in [0.25, 0.3) is 0 Å². The molecule has 0 heterocycles. The minimum atomic E-state index is -0.927. The molecule has 5 nitrogen and oxygen atoms in total. The fourth-order valence-electron chi connectivity index (χ4n) is 4.80. The number of hydrogen-bond donors (Lipinski definition) is 2. The van der Waals surface area contributed by atoms with Gasteiger partial charge in [0.15, 0.2) is 0 Å². The van der Waals surface area contributed by atoms with Gasteiger partial charge in [-0.25, -0.2) is 0 Å². The Morgan fingerprint density at radius 2 is 1.43 bits per heavy atom. The molecule has 1 saturated carbocycles. The Morgan fingerprint density at radius 3 is 2.06 bits per heavy atom. The molecule has 182 valence electrons. The van der Waals surface area contributed by atoms with Gasteiger partial charge in [-0.2, -0.15) is 0 Å². The smallest absolute Gasteiger partial charge is 0.305 e. The standard InChI is InChI=1S/C30H34N2O3/c33-29(34)19-20-31-30(35)27-15-17-28(18-16-27)32(21-23-7-3-1-4-8-23)22-24-11-13-26(14-12-24)25-9-5-2-6-10-25/h1,3-4,7-8,11-18,25H,2,5-6,9-10,19-22H2,(H,31,35)(H,33,34). The van der Waals surface area contributed by atoms with E-state index in [4.69, 9.17) is 5.11 Å². The molecule has 1 aliphatic carbocycles. The first-order valence-corrected chi connectivity index (χ1v) is 12.6. The van der Waals surface area contributed by atoms with Gasteiger partial charge in [0.1, 0.15) is 0 Å². The van der Waals surface area contributed by atoms with E-state index in [0.717, 1.165) is 18.8 Å². The average molecular weight is 471 g/mol. The minimum absolute atomic E-state index is 0.0891. The summed E-state index contributed by atoms with van der Waals surface area (Å²) < 4.78 is 0. The van der Waals surface area contributed by atoms with Crippen LogP contribution in [0.5, 0.6) is 0 Å². The number of hydrogen-bond acceptors (Lipinski definition) is 3. The van der Waals surface area contributed by atoms with E-state index in [0.29, 0.717) is 11.5 Å². The summed E-state index contributed by atoms with van der Waals surface area (Å²) in [7, 11) is 0. The number of amides is 1. The summed E-state index contributed by atoms with van der Waals surface area (Å²) >= 11 is 0. The van der Waals surface area contributed by atoms with Gasteiger partial charge in [0.05, 0.1) is 6.42 Å². The molecule has 2 N–H and O–H groups in total. The Labute approximate surface area is 207 Å². The van der Waals surface area contributed by atoms with Gasteiger partial charge in [-0.1, -0.05) is 73.9 Å². The van der Waals surface area contributed by atoms with Crippen LogP contribution in [0, 0.1) is 0 Å². The minimum Gasteiger partial charge on any atom is -0.481 e. The largest absolute Gasteiger partial charge is 0.481 e. The fourth-order valence-corrected chi connectivity index (χ4v) is 4.80. The summed E-state index contributed by atoms with van der Waals surface area (Å²) in [5.41, 5.74) is 5.50. The van der Waals surface area contributed by atoms with Gasteiger partial charge >= 0.3 is 5.97 Å². The van der Waals surface area contributed by atoms with E-state index in [-0.39, 0.29) is 18.9 Å². The fraction of sp³-hybridized carbons (Fsp3) is 0.333. The highest BCUT2D eigenvalue weighted by Crippen LogP contribution is 2.33. The number of benzene rings is 3. The third-order valence-corrected chi connectivity index (χ3v) is 6.77. The molecule has 0 aliphatic heterocycles. The Hall–Kier alpha value is -3.60. The van der Waals surface area contributed by atoms with Crippen LogP contribution >= 0.6 is 0 Å². The summed E-state index contributed by atoms with van der Waals surface area (Å²) in [6.45, 7) is 1.65. The first-order valence-electron chi connectivity index (χ1n) is 12.6. The molecule has 0 radical (unpaired) electrons. The van der Waals surface area contributed by atoms with E-state index in [1.165, 1.54) is 48.8 Å². The predicted octanol–water partition coefficient (Wildman–Crippen LogP) is 6.15. The summed E-state index contributed by atoms with van der Waals surface area (Å²) in [6, 6.07) is 27.0. The number of nitrogens with one attached hydrogen (secondary N) is 1. The van der Waals surface area contributed by atoms with Crippen molar-refractivity contribution in [2.24, 2.45) is 0 Å². The van der Waals surface area contributed by atoms with E-state index in [2.05, 4.69) is 58.7 Å². The second kappa shape index (κ2) is 12.2. The number of nitrogens with zero attached hydrogens (tertiary/aromatic N) is 1.